The van der Waals surface area contributed by atoms with Crippen molar-refractivity contribution in [3.05, 3.63) is 48.0 Å². The van der Waals surface area contributed by atoms with E-state index in [-0.39, 0.29) is 24.2 Å². The van der Waals surface area contributed by atoms with Crippen molar-refractivity contribution in [1.29, 1.82) is 0 Å². The second kappa shape index (κ2) is 11.2. The van der Waals surface area contributed by atoms with Gasteiger partial charge in [0.15, 0.2) is 11.5 Å². The molecule has 3 aliphatic rings. The number of fused-ring (bicyclic) bond motifs is 1. The highest BCUT2D eigenvalue weighted by atomic mass is 16.6. The Hall–Kier alpha value is -3.26. The van der Waals surface area contributed by atoms with Crippen molar-refractivity contribution in [3.63, 3.8) is 0 Å². The van der Waals surface area contributed by atoms with Crippen LogP contribution in [-0.2, 0) is 9.59 Å². The summed E-state index contributed by atoms with van der Waals surface area (Å²) in [6, 6.07) is 14.2. The fourth-order valence-electron chi connectivity index (χ4n) is 5.20. The van der Waals surface area contributed by atoms with Crippen LogP contribution in [0.25, 0.3) is 0 Å². The summed E-state index contributed by atoms with van der Waals surface area (Å²) in [5.74, 6) is 0.960. The van der Waals surface area contributed by atoms with Crippen LogP contribution in [0.1, 0.15) is 24.8 Å². The number of carbonyl (C=O) groups excluding carboxylic acids is 2. The Morgan fingerprint density at radius 1 is 0.972 bits per heavy atom. The van der Waals surface area contributed by atoms with Gasteiger partial charge in [0.05, 0.1) is 5.92 Å². The molecule has 1 unspecified atom stereocenters. The number of hydrogen-bond acceptors (Lipinski definition) is 6. The molecule has 2 aromatic carbocycles. The Morgan fingerprint density at radius 2 is 1.78 bits per heavy atom. The molecule has 8 heteroatoms. The molecule has 3 heterocycles. The molecule has 3 aliphatic heterocycles. The molecule has 2 amide bonds. The lowest BCUT2D eigenvalue weighted by atomic mass is 10.1. The molecule has 5 rings (SSSR count). The van der Waals surface area contributed by atoms with Crippen LogP contribution in [0.4, 0.5) is 11.4 Å². The van der Waals surface area contributed by atoms with Crippen molar-refractivity contribution in [1.82, 2.24) is 10.2 Å². The summed E-state index contributed by atoms with van der Waals surface area (Å²) < 4.78 is 11.2. The zero-order valence-electron chi connectivity index (χ0n) is 21.1. The van der Waals surface area contributed by atoms with E-state index in [4.69, 9.17) is 9.47 Å². The normalized spacial score (nSPS) is 20.0. The number of nitrogens with one attached hydrogen (secondary N) is 1. The number of anilines is 2. The number of benzene rings is 2. The summed E-state index contributed by atoms with van der Waals surface area (Å²) in [7, 11) is 0. The van der Waals surface area contributed by atoms with E-state index in [2.05, 4.69) is 46.3 Å². The van der Waals surface area contributed by atoms with Crippen molar-refractivity contribution in [2.24, 2.45) is 5.92 Å². The lowest BCUT2D eigenvalue weighted by molar-refractivity contribution is -0.126. The summed E-state index contributed by atoms with van der Waals surface area (Å²) in [6.07, 6.45) is 2.24. The first-order valence-corrected chi connectivity index (χ1v) is 13.1. The highest BCUT2D eigenvalue weighted by Gasteiger charge is 2.35. The quantitative estimate of drug-likeness (QED) is 0.572. The Labute approximate surface area is 213 Å². The molecule has 1 atom stereocenters. The van der Waals surface area contributed by atoms with Gasteiger partial charge in [0.1, 0.15) is 13.2 Å². The molecule has 36 heavy (non-hydrogen) atoms. The van der Waals surface area contributed by atoms with Crippen LogP contribution in [0.5, 0.6) is 11.5 Å². The van der Waals surface area contributed by atoms with Crippen LogP contribution < -0.4 is 24.6 Å². The third-order valence-electron chi connectivity index (χ3n) is 7.27. The summed E-state index contributed by atoms with van der Waals surface area (Å²) in [4.78, 5) is 32.0. The maximum atomic E-state index is 12.7. The topological polar surface area (TPSA) is 74.4 Å². The largest absolute Gasteiger partial charge is 0.486 e. The molecule has 0 spiro atoms. The highest BCUT2D eigenvalue weighted by molar-refractivity contribution is 6.00. The molecule has 0 bridgehead atoms. The highest BCUT2D eigenvalue weighted by Crippen LogP contribution is 2.36. The van der Waals surface area contributed by atoms with Crippen LogP contribution in [0, 0.1) is 12.8 Å². The Morgan fingerprint density at radius 3 is 2.58 bits per heavy atom. The number of hydrogen-bond donors (Lipinski definition) is 1. The maximum absolute atomic E-state index is 12.7. The molecule has 0 aromatic heterocycles. The number of nitrogens with zero attached hydrogens (tertiary/aromatic N) is 3. The number of aryl methyl sites for hydroxylation is 1. The zero-order chi connectivity index (χ0) is 24.9. The van der Waals surface area contributed by atoms with Gasteiger partial charge < -0.3 is 24.6 Å². The fourth-order valence-corrected chi connectivity index (χ4v) is 5.20. The van der Waals surface area contributed by atoms with Crippen LogP contribution in [0.2, 0.25) is 0 Å². The van der Waals surface area contributed by atoms with Gasteiger partial charge >= 0.3 is 0 Å². The van der Waals surface area contributed by atoms with Crippen LogP contribution in [0.3, 0.4) is 0 Å². The molecule has 8 nitrogen and oxygen atoms in total. The number of ether oxygens (including phenoxy) is 2. The molecular weight excluding hydrogens is 456 g/mol. The van der Waals surface area contributed by atoms with Gasteiger partial charge in [-0.15, -0.1) is 0 Å². The molecule has 2 fully saturated rings. The fraction of sp³-hybridized carbons (Fsp3) is 0.500. The first-order chi connectivity index (χ1) is 17.6. The van der Waals surface area contributed by atoms with Gasteiger partial charge in [-0.3, -0.25) is 14.5 Å². The Bertz CT molecular complexity index is 1080. The lowest BCUT2D eigenvalue weighted by Crippen LogP contribution is -2.46. The smallest absolute Gasteiger partial charge is 0.227 e. The minimum atomic E-state index is -0.319. The van der Waals surface area contributed by atoms with Crippen molar-refractivity contribution >= 4 is 23.2 Å². The molecule has 0 radical (unpaired) electrons. The van der Waals surface area contributed by atoms with Crippen molar-refractivity contribution in [2.75, 3.05) is 68.8 Å². The first-order valence-electron chi connectivity index (χ1n) is 13.1. The first kappa shape index (κ1) is 24.4. The molecule has 2 aromatic rings. The van der Waals surface area contributed by atoms with Crippen LogP contribution in [0.15, 0.2) is 42.5 Å². The summed E-state index contributed by atoms with van der Waals surface area (Å²) in [5, 5.41) is 3.05. The van der Waals surface area contributed by atoms with Crippen molar-refractivity contribution in [3.8, 4) is 11.5 Å². The van der Waals surface area contributed by atoms with E-state index in [1.165, 1.54) is 11.3 Å². The third kappa shape index (κ3) is 5.75. The van der Waals surface area contributed by atoms with Gasteiger partial charge in [0, 0.05) is 63.1 Å². The SMILES string of the molecule is Cc1cccc(N2CCN(CCCCNC(=O)C3CC(=O)N(c4ccc5c(c4)OCCO5)C3)CC2)c1. The van der Waals surface area contributed by atoms with Crippen molar-refractivity contribution in [2.45, 2.75) is 26.2 Å². The van der Waals surface area contributed by atoms with E-state index in [1.807, 2.05) is 18.2 Å². The van der Waals surface area contributed by atoms with E-state index in [0.29, 0.717) is 37.8 Å². The van der Waals surface area contributed by atoms with E-state index < -0.39 is 0 Å². The third-order valence-corrected chi connectivity index (χ3v) is 7.27. The average molecular weight is 493 g/mol. The standard InChI is InChI=1S/C28H36N4O4/c1-21-5-4-6-23(17-21)31-13-11-30(12-14-31)10-3-2-9-29-28(34)22-18-27(33)32(20-22)24-7-8-25-26(19-24)36-16-15-35-25/h4-8,17,19,22H,2-3,9-16,18,20H2,1H3,(H,29,34). The predicted molar refractivity (Wildman–Crippen MR) is 140 cm³/mol. The monoisotopic (exact) mass is 492 g/mol. The van der Waals surface area contributed by atoms with E-state index in [9.17, 15) is 9.59 Å². The number of unbranched alkanes of at least 4 members (excludes halogenated alkanes) is 1. The number of piperazine rings is 1. The molecule has 0 saturated carbocycles. The molecule has 0 aliphatic carbocycles. The summed E-state index contributed by atoms with van der Waals surface area (Å²) >= 11 is 0. The van der Waals surface area contributed by atoms with Gasteiger partial charge in [-0.2, -0.15) is 0 Å². The van der Waals surface area contributed by atoms with E-state index in [1.54, 1.807) is 4.90 Å². The zero-order valence-corrected chi connectivity index (χ0v) is 21.1. The van der Waals surface area contributed by atoms with Crippen LogP contribution in [-0.4, -0.2) is 75.7 Å². The summed E-state index contributed by atoms with van der Waals surface area (Å²) in [6.45, 7) is 9.51. The molecule has 2 saturated heterocycles. The maximum Gasteiger partial charge on any atom is 0.227 e. The minimum absolute atomic E-state index is 0.0309. The lowest BCUT2D eigenvalue weighted by Gasteiger charge is -2.36. The van der Waals surface area contributed by atoms with Gasteiger partial charge in [-0.05, 0) is 56.1 Å². The number of carbonyl (C=O) groups is 2. The predicted octanol–water partition coefficient (Wildman–Crippen LogP) is 2.84. The second-order valence-electron chi connectivity index (χ2n) is 9.90. The summed E-state index contributed by atoms with van der Waals surface area (Å²) in [5.41, 5.74) is 3.37. The number of rotatable bonds is 8. The average Bonchev–Trinajstić information content (AvgIpc) is 3.30. The molecule has 192 valence electrons. The van der Waals surface area contributed by atoms with Gasteiger partial charge in [0.25, 0.3) is 0 Å². The van der Waals surface area contributed by atoms with Gasteiger partial charge in [-0.25, -0.2) is 0 Å². The second-order valence-corrected chi connectivity index (χ2v) is 9.90. The molecular formula is C28H36N4O4. The Kier molecular flexibility index (Phi) is 7.60. The van der Waals surface area contributed by atoms with Crippen molar-refractivity contribution < 1.29 is 19.1 Å². The Balaban J connectivity index is 0.999. The minimum Gasteiger partial charge on any atom is -0.486 e. The van der Waals surface area contributed by atoms with Gasteiger partial charge in [0.2, 0.25) is 11.8 Å². The number of amides is 2. The van der Waals surface area contributed by atoms with Crippen LogP contribution >= 0.6 is 0 Å². The van der Waals surface area contributed by atoms with Gasteiger partial charge in [-0.1, -0.05) is 12.1 Å². The van der Waals surface area contributed by atoms with E-state index >= 15 is 0 Å². The van der Waals surface area contributed by atoms with E-state index in [0.717, 1.165) is 51.3 Å². The molecule has 1 N–H and O–H groups in total.